The Morgan fingerprint density at radius 2 is 2.23 bits per heavy atom. The summed E-state index contributed by atoms with van der Waals surface area (Å²) in [5, 5.41) is 8.96. The van der Waals surface area contributed by atoms with E-state index in [1.807, 2.05) is 0 Å². The molecule has 0 bridgehead atoms. The zero-order valence-electron chi connectivity index (χ0n) is 7.70. The topological polar surface area (TPSA) is 40.5 Å². The van der Waals surface area contributed by atoms with Crippen molar-refractivity contribution in [2.75, 3.05) is 13.1 Å². The lowest BCUT2D eigenvalue weighted by Gasteiger charge is -2.35. The van der Waals surface area contributed by atoms with E-state index in [1.54, 1.807) is 4.90 Å². The zero-order chi connectivity index (χ0) is 9.68. The number of aliphatic hydroxyl groups is 1. The molecule has 3 nitrogen and oxygen atoms in total. The number of carbonyl (C=O) groups excluding carboxylic acids is 1. The predicted molar refractivity (Wildman–Crippen MR) is 49.9 cm³/mol. The fraction of sp³-hybridized carbons (Fsp3) is 0.700. The summed E-state index contributed by atoms with van der Waals surface area (Å²) in [5.74, 6) is 2.68. The van der Waals surface area contributed by atoms with Crippen LogP contribution in [-0.4, -0.2) is 35.1 Å². The van der Waals surface area contributed by atoms with Crippen LogP contribution in [0.5, 0.6) is 0 Å². The van der Waals surface area contributed by atoms with Crippen molar-refractivity contribution in [3.63, 3.8) is 0 Å². The summed E-state index contributed by atoms with van der Waals surface area (Å²) in [6, 6.07) is 0. The first kappa shape index (κ1) is 10.1. The molecule has 3 heteroatoms. The van der Waals surface area contributed by atoms with Crippen LogP contribution in [0.1, 0.15) is 25.7 Å². The zero-order valence-corrected chi connectivity index (χ0v) is 7.70. The van der Waals surface area contributed by atoms with E-state index in [4.69, 9.17) is 11.5 Å². The smallest absolute Gasteiger partial charge is 0.222 e. The number of unbranched alkanes of at least 4 members (excludes halogenated alkanes) is 2. The van der Waals surface area contributed by atoms with Crippen molar-refractivity contribution in [2.45, 2.75) is 31.8 Å². The van der Waals surface area contributed by atoms with Gasteiger partial charge in [0, 0.05) is 25.9 Å². The van der Waals surface area contributed by atoms with E-state index < -0.39 is 0 Å². The maximum absolute atomic E-state index is 11.3. The second-order valence-corrected chi connectivity index (χ2v) is 3.36. The van der Waals surface area contributed by atoms with Gasteiger partial charge in [0.15, 0.2) is 0 Å². The number of β-amino-alcohol motifs (C(OH)–C–C–N with tert-alkyl or cyclic N) is 1. The Balaban J connectivity index is 2.02. The van der Waals surface area contributed by atoms with Gasteiger partial charge in [-0.3, -0.25) is 4.79 Å². The summed E-state index contributed by atoms with van der Waals surface area (Å²) >= 11 is 0. The van der Waals surface area contributed by atoms with Crippen LogP contribution in [0.3, 0.4) is 0 Å². The summed E-state index contributed by atoms with van der Waals surface area (Å²) < 4.78 is 0. The lowest BCUT2D eigenvalue weighted by Crippen LogP contribution is -2.53. The molecular formula is C10H15NO2. The fourth-order valence-electron chi connectivity index (χ4n) is 1.32. The number of hydrogen-bond donors (Lipinski definition) is 1. The first-order valence-corrected chi connectivity index (χ1v) is 4.63. The third-order valence-corrected chi connectivity index (χ3v) is 2.18. The molecule has 13 heavy (non-hydrogen) atoms. The summed E-state index contributed by atoms with van der Waals surface area (Å²) in [5.41, 5.74) is 0. The number of likely N-dealkylation sites (tertiary alicyclic amines) is 1. The van der Waals surface area contributed by atoms with Crippen LogP contribution in [0.15, 0.2) is 0 Å². The third kappa shape index (κ3) is 3.08. The van der Waals surface area contributed by atoms with Gasteiger partial charge in [-0.1, -0.05) is 0 Å². The van der Waals surface area contributed by atoms with Crippen molar-refractivity contribution in [2.24, 2.45) is 0 Å². The number of rotatable bonds is 4. The van der Waals surface area contributed by atoms with Crippen molar-refractivity contribution in [3.8, 4) is 12.3 Å². The SMILES string of the molecule is C#CCCCCC(=O)N1CC(O)C1. The molecule has 1 N–H and O–H groups in total. The first-order chi connectivity index (χ1) is 6.24. The van der Waals surface area contributed by atoms with Gasteiger partial charge in [-0.15, -0.1) is 12.3 Å². The molecule has 1 rings (SSSR count). The molecule has 0 spiro atoms. The van der Waals surface area contributed by atoms with Gasteiger partial charge in [0.25, 0.3) is 0 Å². The molecule has 1 aliphatic heterocycles. The number of nitrogens with zero attached hydrogens (tertiary/aromatic N) is 1. The first-order valence-electron chi connectivity index (χ1n) is 4.63. The number of carbonyl (C=O) groups is 1. The minimum atomic E-state index is -0.297. The molecule has 0 aromatic heterocycles. The standard InChI is InChI=1S/C10H15NO2/c1-2-3-4-5-6-10(13)11-7-9(12)8-11/h1,9,12H,3-8H2. The van der Waals surface area contributed by atoms with E-state index in [0.717, 1.165) is 19.3 Å². The van der Waals surface area contributed by atoms with E-state index >= 15 is 0 Å². The Morgan fingerprint density at radius 1 is 1.54 bits per heavy atom. The molecule has 0 unspecified atom stereocenters. The molecule has 1 saturated heterocycles. The van der Waals surface area contributed by atoms with Crippen LogP contribution in [0, 0.1) is 12.3 Å². The number of hydrogen-bond acceptors (Lipinski definition) is 2. The molecule has 0 aliphatic carbocycles. The Hall–Kier alpha value is -1.01. The lowest BCUT2D eigenvalue weighted by molar-refractivity contribution is -0.141. The van der Waals surface area contributed by atoms with E-state index in [9.17, 15) is 4.79 Å². The average molecular weight is 181 g/mol. The van der Waals surface area contributed by atoms with Crippen LogP contribution in [0.25, 0.3) is 0 Å². The maximum Gasteiger partial charge on any atom is 0.222 e. The van der Waals surface area contributed by atoms with Gasteiger partial charge in [-0.05, 0) is 12.8 Å². The molecule has 1 fully saturated rings. The molecule has 72 valence electrons. The number of terminal acetylenes is 1. The van der Waals surface area contributed by atoms with Crippen LogP contribution in [0.2, 0.25) is 0 Å². The van der Waals surface area contributed by atoms with E-state index in [-0.39, 0.29) is 12.0 Å². The van der Waals surface area contributed by atoms with Gasteiger partial charge in [-0.2, -0.15) is 0 Å². The Kier molecular flexibility index (Phi) is 3.78. The Morgan fingerprint density at radius 3 is 2.77 bits per heavy atom. The van der Waals surface area contributed by atoms with Crippen LogP contribution >= 0.6 is 0 Å². The maximum atomic E-state index is 11.3. The van der Waals surface area contributed by atoms with Gasteiger partial charge in [0.2, 0.25) is 5.91 Å². The van der Waals surface area contributed by atoms with E-state index in [0.29, 0.717) is 19.5 Å². The fourth-order valence-corrected chi connectivity index (χ4v) is 1.32. The van der Waals surface area contributed by atoms with Gasteiger partial charge < -0.3 is 10.0 Å². The highest BCUT2D eigenvalue weighted by Gasteiger charge is 2.27. The molecule has 1 heterocycles. The van der Waals surface area contributed by atoms with Gasteiger partial charge in [0.05, 0.1) is 6.10 Å². The second kappa shape index (κ2) is 4.88. The van der Waals surface area contributed by atoms with Gasteiger partial charge in [0.1, 0.15) is 0 Å². The van der Waals surface area contributed by atoms with Gasteiger partial charge in [-0.25, -0.2) is 0 Å². The minimum Gasteiger partial charge on any atom is -0.389 e. The molecule has 0 radical (unpaired) electrons. The molecular weight excluding hydrogens is 166 g/mol. The second-order valence-electron chi connectivity index (χ2n) is 3.36. The molecule has 0 atom stereocenters. The Bertz CT molecular complexity index is 213. The number of aliphatic hydroxyl groups excluding tert-OH is 1. The summed E-state index contributed by atoms with van der Waals surface area (Å²) in [4.78, 5) is 13.0. The van der Waals surface area contributed by atoms with Crippen LogP contribution in [0.4, 0.5) is 0 Å². The molecule has 1 amide bonds. The van der Waals surface area contributed by atoms with Gasteiger partial charge >= 0.3 is 0 Å². The van der Waals surface area contributed by atoms with Crippen LogP contribution < -0.4 is 0 Å². The van der Waals surface area contributed by atoms with Crippen molar-refractivity contribution in [3.05, 3.63) is 0 Å². The van der Waals surface area contributed by atoms with Crippen molar-refractivity contribution < 1.29 is 9.90 Å². The minimum absolute atomic E-state index is 0.141. The molecule has 0 aromatic carbocycles. The Labute approximate surface area is 78.7 Å². The van der Waals surface area contributed by atoms with Crippen LogP contribution in [-0.2, 0) is 4.79 Å². The number of amides is 1. The largest absolute Gasteiger partial charge is 0.389 e. The lowest BCUT2D eigenvalue weighted by atomic mass is 10.1. The van der Waals surface area contributed by atoms with Crippen molar-refractivity contribution in [1.82, 2.24) is 4.90 Å². The highest BCUT2D eigenvalue weighted by atomic mass is 16.3. The quantitative estimate of drug-likeness (QED) is 0.503. The summed E-state index contributed by atoms with van der Waals surface area (Å²) in [6.07, 6.45) is 7.87. The highest BCUT2D eigenvalue weighted by molar-refractivity contribution is 5.77. The average Bonchev–Trinajstić information content (AvgIpc) is 2.07. The normalized spacial score (nSPS) is 16.5. The highest BCUT2D eigenvalue weighted by Crippen LogP contribution is 2.11. The van der Waals surface area contributed by atoms with Crippen molar-refractivity contribution in [1.29, 1.82) is 0 Å². The predicted octanol–water partition coefficient (Wildman–Crippen LogP) is 0.383. The van der Waals surface area contributed by atoms with Crippen molar-refractivity contribution >= 4 is 5.91 Å². The van der Waals surface area contributed by atoms with E-state index in [1.165, 1.54) is 0 Å². The monoisotopic (exact) mass is 181 g/mol. The van der Waals surface area contributed by atoms with E-state index in [2.05, 4.69) is 5.92 Å². The molecule has 0 saturated carbocycles. The molecule has 0 aromatic rings. The summed E-state index contributed by atoms with van der Waals surface area (Å²) in [7, 11) is 0. The third-order valence-electron chi connectivity index (χ3n) is 2.18. The molecule has 1 aliphatic rings. The summed E-state index contributed by atoms with van der Waals surface area (Å²) in [6.45, 7) is 1.02.